The number of nitrogens with zero attached hydrogens (tertiary/aromatic N) is 3. The molecule has 5 nitrogen and oxygen atoms in total. The molecule has 0 aliphatic heterocycles. The number of hydrazone groups is 1. The van der Waals surface area contributed by atoms with E-state index in [-0.39, 0.29) is 18.2 Å². The third-order valence-corrected chi connectivity index (χ3v) is 3.06. The molecule has 2 aromatic rings. The first-order valence-corrected chi connectivity index (χ1v) is 6.93. The van der Waals surface area contributed by atoms with E-state index < -0.39 is 57.9 Å². The van der Waals surface area contributed by atoms with E-state index in [0.717, 1.165) is 0 Å². The molecular formula is C16H5F7N4O. The highest BCUT2D eigenvalue weighted by Gasteiger charge is 2.33. The first-order chi connectivity index (χ1) is 13.1. The number of anilines is 1. The number of nitrogens with one attached hydrogen (secondary N) is 1. The maximum absolute atomic E-state index is 13.8. The molecule has 0 saturated heterocycles. The van der Waals surface area contributed by atoms with Crippen molar-refractivity contribution in [1.82, 2.24) is 0 Å². The Morgan fingerprint density at radius 2 is 1.46 bits per heavy atom. The summed E-state index contributed by atoms with van der Waals surface area (Å²) in [7, 11) is 0. The molecule has 0 atom stereocenters. The zero-order valence-electron chi connectivity index (χ0n) is 13.2. The lowest BCUT2D eigenvalue weighted by molar-refractivity contribution is -0.138. The predicted octanol–water partition coefficient (Wildman–Crippen LogP) is 4.87. The number of halogens is 7. The molecule has 0 bridgehead atoms. The Balaban J connectivity index is 2.42. The molecule has 144 valence electrons. The van der Waals surface area contributed by atoms with Crippen LogP contribution in [0, 0.1) is 45.9 Å². The Morgan fingerprint density at radius 3 is 1.96 bits per heavy atom. The molecule has 2 rings (SSSR count). The summed E-state index contributed by atoms with van der Waals surface area (Å²) in [4.78, 5) is 0. The molecule has 2 aromatic carbocycles. The summed E-state index contributed by atoms with van der Waals surface area (Å²) in [5.74, 6) is -8.59. The molecule has 0 unspecified atom stereocenters. The Kier molecular flexibility index (Phi) is 5.74. The number of ether oxygens (including phenoxy) is 1. The molecule has 0 aromatic heterocycles. The lowest BCUT2D eigenvalue weighted by Crippen LogP contribution is -2.07. The van der Waals surface area contributed by atoms with E-state index in [2.05, 4.69) is 9.84 Å². The summed E-state index contributed by atoms with van der Waals surface area (Å²) < 4.78 is 97.4. The van der Waals surface area contributed by atoms with Gasteiger partial charge in [0.15, 0.2) is 34.8 Å². The van der Waals surface area contributed by atoms with Crippen LogP contribution in [0.25, 0.3) is 0 Å². The smallest absolute Gasteiger partial charge is 0.416 e. The lowest BCUT2D eigenvalue weighted by Gasteiger charge is -2.13. The third-order valence-electron chi connectivity index (χ3n) is 3.06. The first kappa shape index (κ1) is 20.5. The van der Waals surface area contributed by atoms with Gasteiger partial charge >= 0.3 is 6.18 Å². The molecule has 12 heteroatoms. The van der Waals surface area contributed by atoms with Crippen LogP contribution in [0.5, 0.6) is 11.5 Å². The summed E-state index contributed by atoms with van der Waals surface area (Å²) in [5, 5.41) is 20.2. The van der Waals surface area contributed by atoms with Crippen LogP contribution in [0.2, 0.25) is 0 Å². The van der Waals surface area contributed by atoms with Gasteiger partial charge in [-0.1, -0.05) is 0 Å². The average molecular weight is 402 g/mol. The minimum atomic E-state index is -5.03. The van der Waals surface area contributed by atoms with Crippen LogP contribution >= 0.6 is 0 Å². The third kappa shape index (κ3) is 4.48. The molecule has 0 radical (unpaired) electrons. The van der Waals surface area contributed by atoms with Crippen molar-refractivity contribution >= 4 is 11.4 Å². The summed E-state index contributed by atoms with van der Waals surface area (Å²) in [6, 6.07) is 3.34. The largest absolute Gasteiger partial charge is 0.448 e. The van der Waals surface area contributed by atoms with Gasteiger partial charge in [-0.2, -0.15) is 28.8 Å². The van der Waals surface area contributed by atoms with Crippen LogP contribution in [0.3, 0.4) is 0 Å². The van der Waals surface area contributed by atoms with Gasteiger partial charge in [0.1, 0.15) is 12.1 Å². The van der Waals surface area contributed by atoms with Gasteiger partial charge in [-0.3, -0.25) is 5.43 Å². The van der Waals surface area contributed by atoms with Crippen LogP contribution in [0.15, 0.2) is 29.4 Å². The highest BCUT2D eigenvalue weighted by molar-refractivity contribution is 6.10. The summed E-state index contributed by atoms with van der Waals surface area (Å²) in [6.07, 6.45) is -5.03. The molecule has 0 spiro atoms. The van der Waals surface area contributed by atoms with Gasteiger partial charge in [-0.05, 0) is 12.1 Å². The van der Waals surface area contributed by atoms with E-state index >= 15 is 0 Å². The maximum atomic E-state index is 13.8. The highest BCUT2D eigenvalue weighted by Crippen LogP contribution is 2.37. The standard InChI is InChI=1S/C16H5F7N4O/c17-9-3-10(18)14(4-13(9)27-26-8(5-24)6-25)28-15-11(19)1-7(2-12(15)20)16(21,22)23/h1-4,27H. The van der Waals surface area contributed by atoms with Crippen molar-refractivity contribution in [2.24, 2.45) is 5.10 Å². The number of hydrogen-bond acceptors (Lipinski definition) is 5. The van der Waals surface area contributed by atoms with Crippen molar-refractivity contribution in [3.63, 3.8) is 0 Å². The lowest BCUT2D eigenvalue weighted by atomic mass is 10.2. The highest BCUT2D eigenvalue weighted by atomic mass is 19.4. The topological polar surface area (TPSA) is 81.2 Å². The van der Waals surface area contributed by atoms with Gasteiger partial charge < -0.3 is 4.74 Å². The molecular weight excluding hydrogens is 397 g/mol. The normalized spacial score (nSPS) is 10.6. The van der Waals surface area contributed by atoms with Crippen LogP contribution in [0.1, 0.15) is 5.56 Å². The van der Waals surface area contributed by atoms with E-state index in [0.29, 0.717) is 6.07 Å². The van der Waals surface area contributed by atoms with E-state index in [9.17, 15) is 30.7 Å². The monoisotopic (exact) mass is 402 g/mol. The average Bonchev–Trinajstić information content (AvgIpc) is 2.60. The fraction of sp³-hybridized carbons (Fsp3) is 0.0625. The number of nitriles is 2. The van der Waals surface area contributed by atoms with E-state index in [4.69, 9.17) is 10.5 Å². The van der Waals surface area contributed by atoms with Crippen molar-refractivity contribution in [3.05, 3.63) is 53.1 Å². The number of alkyl halides is 3. The number of rotatable bonds is 4. The zero-order chi connectivity index (χ0) is 21.1. The Hall–Kier alpha value is -3.80. The second-order valence-electron chi connectivity index (χ2n) is 4.93. The van der Waals surface area contributed by atoms with E-state index in [1.165, 1.54) is 12.1 Å². The molecule has 28 heavy (non-hydrogen) atoms. The van der Waals surface area contributed by atoms with Crippen molar-refractivity contribution in [1.29, 1.82) is 10.5 Å². The predicted molar refractivity (Wildman–Crippen MR) is 80.1 cm³/mol. The summed E-state index contributed by atoms with van der Waals surface area (Å²) >= 11 is 0. The molecule has 0 saturated carbocycles. The number of hydrogen-bond donors (Lipinski definition) is 1. The molecule has 0 aliphatic rings. The minimum Gasteiger partial charge on any atom is -0.448 e. The summed E-state index contributed by atoms with van der Waals surface area (Å²) in [5.41, 5.74) is -1.08. The fourth-order valence-corrected chi connectivity index (χ4v) is 1.82. The minimum absolute atomic E-state index is 0.0601. The molecule has 0 aliphatic carbocycles. The van der Waals surface area contributed by atoms with Gasteiger partial charge in [-0.15, -0.1) is 0 Å². The second kappa shape index (κ2) is 7.84. The van der Waals surface area contributed by atoms with Gasteiger partial charge in [0.2, 0.25) is 5.71 Å². The Morgan fingerprint density at radius 1 is 0.893 bits per heavy atom. The van der Waals surface area contributed by atoms with E-state index in [1.54, 1.807) is 0 Å². The van der Waals surface area contributed by atoms with Crippen molar-refractivity contribution in [2.45, 2.75) is 6.18 Å². The Bertz CT molecular complexity index is 996. The van der Waals surface area contributed by atoms with Gasteiger partial charge in [0.25, 0.3) is 0 Å². The molecule has 0 fully saturated rings. The molecule has 0 heterocycles. The SMILES string of the molecule is N#CC(C#N)=NNc1cc(Oc2c(F)cc(C(F)(F)F)cc2F)c(F)cc1F. The van der Waals surface area contributed by atoms with Gasteiger partial charge in [-0.25, -0.2) is 17.6 Å². The van der Waals surface area contributed by atoms with Crippen LogP contribution < -0.4 is 10.2 Å². The van der Waals surface area contributed by atoms with Crippen molar-refractivity contribution < 1.29 is 35.5 Å². The molecule has 0 amide bonds. The maximum Gasteiger partial charge on any atom is 0.416 e. The van der Waals surface area contributed by atoms with Gasteiger partial charge in [0, 0.05) is 12.1 Å². The van der Waals surface area contributed by atoms with Crippen LogP contribution in [-0.2, 0) is 6.18 Å². The van der Waals surface area contributed by atoms with Crippen molar-refractivity contribution in [2.75, 3.05) is 5.43 Å². The number of benzene rings is 2. The Labute approximate surface area is 151 Å². The van der Waals surface area contributed by atoms with Gasteiger partial charge in [0.05, 0.1) is 11.3 Å². The second-order valence-corrected chi connectivity index (χ2v) is 4.93. The van der Waals surface area contributed by atoms with Crippen LogP contribution in [0.4, 0.5) is 36.4 Å². The van der Waals surface area contributed by atoms with Crippen molar-refractivity contribution in [3.8, 4) is 23.6 Å². The zero-order valence-corrected chi connectivity index (χ0v) is 13.2. The van der Waals surface area contributed by atoms with Crippen LogP contribution in [-0.4, -0.2) is 5.71 Å². The molecule has 1 N–H and O–H groups in total. The first-order valence-electron chi connectivity index (χ1n) is 6.93. The fourth-order valence-electron chi connectivity index (χ4n) is 1.82. The van der Waals surface area contributed by atoms with E-state index in [1.807, 2.05) is 5.43 Å². The summed E-state index contributed by atoms with van der Waals surface area (Å²) in [6.45, 7) is 0. The quantitative estimate of drug-likeness (QED) is 0.450.